The summed E-state index contributed by atoms with van der Waals surface area (Å²) < 4.78 is 8.39. The number of carbonyl (C=O) groups is 1. The second-order valence-electron chi connectivity index (χ2n) is 13.4. The fourth-order valence-electron chi connectivity index (χ4n) is 8.01. The lowest BCUT2D eigenvalue weighted by molar-refractivity contribution is -0.119. The third-order valence-corrected chi connectivity index (χ3v) is 11.4. The average molecular weight is 713 g/mol. The first-order valence-electron chi connectivity index (χ1n) is 16.6. The Kier molecular flexibility index (Phi) is 7.97. The van der Waals surface area contributed by atoms with Crippen LogP contribution in [-0.4, -0.2) is 55.6 Å². The van der Waals surface area contributed by atoms with Crippen molar-refractivity contribution in [2.75, 3.05) is 25.5 Å². The highest BCUT2D eigenvalue weighted by Gasteiger charge is 2.46. The molecule has 1 spiro atoms. The molecule has 2 N–H and O–H groups in total. The number of nitrogens with zero attached hydrogens (tertiary/aromatic N) is 5. The molecule has 2 aromatic carbocycles. The van der Waals surface area contributed by atoms with E-state index in [9.17, 15) is 14.4 Å². The summed E-state index contributed by atoms with van der Waals surface area (Å²) in [5.41, 5.74) is 5.11. The van der Waals surface area contributed by atoms with Crippen LogP contribution in [0.25, 0.3) is 33.3 Å². The van der Waals surface area contributed by atoms with Crippen molar-refractivity contribution in [1.82, 2.24) is 29.3 Å². The molecule has 2 atom stereocenters. The highest BCUT2D eigenvalue weighted by Crippen LogP contribution is 2.47. The molecule has 1 aliphatic carbocycles. The number of hydrogen-bond donors (Lipinski definition) is 2. The van der Waals surface area contributed by atoms with Crippen LogP contribution >= 0.6 is 23.2 Å². The molecule has 3 aliphatic rings. The molecule has 0 radical (unpaired) electrons. The molecule has 50 heavy (non-hydrogen) atoms. The lowest BCUT2D eigenvalue weighted by Crippen LogP contribution is -2.44. The van der Waals surface area contributed by atoms with E-state index in [0.717, 1.165) is 54.5 Å². The number of anilines is 2. The number of amides is 1. The van der Waals surface area contributed by atoms with Gasteiger partial charge in [-0.2, -0.15) is 0 Å². The predicted octanol–water partition coefficient (Wildman–Crippen LogP) is 5.76. The zero-order valence-electron chi connectivity index (χ0n) is 27.8. The van der Waals surface area contributed by atoms with E-state index in [4.69, 9.17) is 32.9 Å². The number of likely N-dealkylation sites (tertiary alicyclic amines) is 1. The van der Waals surface area contributed by atoms with Crippen molar-refractivity contribution in [2.24, 2.45) is 14.1 Å². The first kappa shape index (κ1) is 32.5. The van der Waals surface area contributed by atoms with Gasteiger partial charge in [-0.1, -0.05) is 53.5 Å². The smallest absolute Gasteiger partial charge is 0.330 e. The number of benzene rings is 2. The molecule has 0 unspecified atom stereocenters. The van der Waals surface area contributed by atoms with Gasteiger partial charge in [0.25, 0.3) is 5.56 Å². The van der Waals surface area contributed by atoms with Gasteiger partial charge in [-0.25, -0.2) is 14.8 Å². The van der Waals surface area contributed by atoms with Gasteiger partial charge in [0.1, 0.15) is 11.2 Å². The molecular weight excluding hydrogens is 677 g/mol. The first-order chi connectivity index (χ1) is 24.1. The van der Waals surface area contributed by atoms with Crippen molar-refractivity contribution in [1.29, 1.82) is 0 Å². The number of nitrogens with one attached hydrogen (secondary N) is 2. The Balaban J connectivity index is 1.13. The minimum Gasteiger partial charge on any atom is -0.481 e. The number of carbonyl (C=O) groups excluding carboxylic acids is 1. The zero-order valence-corrected chi connectivity index (χ0v) is 29.4. The maximum absolute atomic E-state index is 13.2. The standard InChI is InChI=1S/C37H35Cl2N7O4/c1-44-26-13-16-40-33(30(26)35(48)45(2)36(44)49)41-24-9-5-7-22(32(24)39)21-6-4-8-23(31(21)38)25-18-20-10-11-27(29(20)34(42-25)50-3)46-17-15-37(19-46)14-12-28(47)43-37/h4-9,13,16,18,27H,10-12,14-15,17,19H2,1-3H3,(H,40,41)(H,43,47)/t27-,37+/m1/s1. The fraction of sp³-hybridized carbons (Fsp3) is 0.324. The van der Waals surface area contributed by atoms with Crippen LogP contribution in [0.3, 0.4) is 0 Å². The van der Waals surface area contributed by atoms with Gasteiger partial charge < -0.3 is 15.4 Å². The van der Waals surface area contributed by atoms with Crippen LogP contribution in [0.4, 0.5) is 11.5 Å². The normalized spacial score (nSPS) is 20.1. The molecule has 0 bridgehead atoms. The van der Waals surface area contributed by atoms with Crippen molar-refractivity contribution in [2.45, 2.75) is 43.7 Å². The van der Waals surface area contributed by atoms with Gasteiger partial charge in [0.2, 0.25) is 11.8 Å². The van der Waals surface area contributed by atoms with Crippen LogP contribution in [0.5, 0.6) is 5.88 Å². The lowest BCUT2D eigenvalue weighted by Gasteiger charge is -2.28. The van der Waals surface area contributed by atoms with Crippen LogP contribution in [-0.2, 0) is 25.3 Å². The quantitative estimate of drug-likeness (QED) is 0.228. The van der Waals surface area contributed by atoms with Crippen LogP contribution < -0.4 is 26.6 Å². The number of methoxy groups -OCH3 is 1. The van der Waals surface area contributed by atoms with Gasteiger partial charge in [-0.05, 0) is 49.4 Å². The lowest BCUT2D eigenvalue weighted by atomic mass is 9.97. The highest BCUT2D eigenvalue weighted by atomic mass is 35.5. The number of ether oxygens (including phenoxy) is 1. The minimum absolute atomic E-state index is 0.120. The third kappa shape index (κ3) is 5.18. The molecule has 3 aromatic heterocycles. The Hall–Kier alpha value is -4.71. The fourth-order valence-corrected chi connectivity index (χ4v) is 8.61. The van der Waals surface area contributed by atoms with E-state index < -0.39 is 11.2 Å². The van der Waals surface area contributed by atoms with Crippen LogP contribution in [0.15, 0.2) is 64.3 Å². The Bertz CT molecular complexity index is 2360. The topological polar surface area (TPSA) is 123 Å². The highest BCUT2D eigenvalue weighted by molar-refractivity contribution is 6.39. The number of rotatable bonds is 6. The van der Waals surface area contributed by atoms with E-state index in [2.05, 4.69) is 26.6 Å². The Morgan fingerprint density at radius 2 is 1.72 bits per heavy atom. The molecule has 256 valence electrons. The summed E-state index contributed by atoms with van der Waals surface area (Å²) in [6.45, 7) is 1.76. The number of halogens is 2. The SMILES string of the molecule is COc1nc(-c2cccc(-c3cccc(Nc4nccc5c4c(=O)n(C)c(=O)n5C)c3Cl)c2Cl)cc2c1[C@H](N1CC[C@@]3(CCC(=O)N3)C1)CC2. The third-order valence-electron chi connectivity index (χ3n) is 10.6. The Morgan fingerprint density at radius 1 is 0.960 bits per heavy atom. The van der Waals surface area contributed by atoms with Crippen LogP contribution in [0.2, 0.25) is 10.0 Å². The number of aromatic nitrogens is 4. The average Bonchev–Trinajstić information content (AvgIpc) is 3.84. The van der Waals surface area contributed by atoms with Crippen molar-refractivity contribution >= 4 is 51.5 Å². The summed E-state index contributed by atoms with van der Waals surface area (Å²) >= 11 is 14.2. The molecule has 5 aromatic rings. The van der Waals surface area contributed by atoms with Crippen LogP contribution in [0, 0.1) is 0 Å². The van der Waals surface area contributed by atoms with E-state index in [1.807, 2.05) is 30.3 Å². The maximum Gasteiger partial charge on any atom is 0.330 e. The van der Waals surface area contributed by atoms with E-state index in [-0.39, 0.29) is 28.7 Å². The summed E-state index contributed by atoms with van der Waals surface area (Å²) in [7, 11) is 4.70. The monoisotopic (exact) mass is 711 g/mol. The molecule has 2 saturated heterocycles. The number of pyridine rings is 2. The molecular formula is C37H35Cl2N7O4. The summed E-state index contributed by atoms with van der Waals surface area (Å²) in [6, 6.07) is 15.2. The van der Waals surface area contributed by atoms with Gasteiger partial charge in [0.15, 0.2) is 0 Å². The molecule has 1 amide bonds. The minimum atomic E-state index is -0.461. The van der Waals surface area contributed by atoms with E-state index in [1.165, 1.54) is 17.2 Å². The molecule has 8 rings (SSSR count). The first-order valence-corrected chi connectivity index (χ1v) is 17.4. The molecule has 2 aliphatic heterocycles. The van der Waals surface area contributed by atoms with Gasteiger partial charge in [0.05, 0.1) is 39.6 Å². The summed E-state index contributed by atoms with van der Waals surface area (Å²) in [5, 5.41) is 7.61. The van der Waals surface area contributed by atoms with Gasteiger partial charge in [0, 0.05) is 68.1 Å². The second kappa shape index (κ2) is 12.3. The molecule has 2 fully saturated rings. The van der Waals surface area contributed by atoms with Crippen molar-refractivity contribution in [3.05, 3.63) is 96.7 Å². The second-order valence-corrected chi connectivity index (χ2v) is 14.2. The molecule has 13 heteroatoms. The summed E-state index contributed by atoms with van der Waals surface area (Å²) in [6.07, 6.45) is 5.82. The number of hydrogen-bond acceptors (Lipinski definition) is 8. The molecule has 5 heterocycles. The Morgan fingerprint density at radius 3 is 2.48 bits per heavy atom. The van der Waals surface area contributed by atoms with Crippen molar-refractivity contribution < 1.29 is 9.53 Å². The van der Waals surface area contributed by atoms with E-state index in [0.29, 0.717) is 50.4 Å². The molecule has 11 nitrogen and oxygen atoms in total. The summed E-state index contributed by atoms with van der Waals surface area (Å²) in [5.74, 6) is 1.02. The van der Waals surface area contributed by atoms with Crippen molar-refractivity contribution in [3.63, 3.8) is 0 Å². The molecule has 0 saturated carbocycles. The van der Waals surface area contributed by atoms with E-state index in [1.54, 1.807) is 32.5 Å². The van der Waals surface area contributed by atoms with Crippen LogP contribution in [0.1, 0.15) is 42.9 Å². The Labute approximate surface area is 297 Å². The van der Waals surface area contributed by atoms with Gasteiger partial charge >= 0.3 is 5.69 Å². The number of fused-ring (bicyclic) bond motifs is 2. The largest absolute Gasteiger partial charge is 0.481 e. The maximum atomic E-state index is 13.2. The van der Waals surface area contributed by atoms with Gasteiger partial charge in [-0.15, -0.1) is 0 Å². The predicted molar refractivity (Wildman–Crippen MR) is 195 cm³/mol. The van der Waals surface area contributed by atoms with E-state index >= 15 is 0 Å². The summed E-state index contributed by atoms with van der Waals surface area (Å²) in [4.78, 5) is 49.6. The zero-order chi connectivity index (χ0) is 34.9. The van der Waals surface area contributed by atoms with Gasteiger partial charge in [-0.3, -0.25) is 23.6 Å². The van der Waals surface area contributed by atoms with Crippen molar-refractivity contribution in [3.8, 4) is 28.3 Å². The number of aryl methyl sites for hydroxylation is 2.